The van der Waals surface area contributed by atoms with Crippen LogP contribution < -0.4 is 14.8 Å². The summed E-state index contributed by atoms with van der Waals surface area (Å²) in [5.74, 6) is 1.06. The fourth-order valence-corrected chi connectivity index (χ4v) is 2.96. The zero-order valence-electron chi connectivity index (χ0n) is 15.3. The van der Waals surface area contributed by atoms with Crippen molar-refractivity contribution in [2.24, 2.45) is 0 Å². The molecule has 0 aliphatic carbocycles. The van der Waals surface area contributed by atoms with Gasteiger partial charge in [0.25, 0.3) is 5.91 Å². The van der Waals surface area contributed by atoms with Crippen LogP contribution in [-0.2, 0) is 22.6 Å². The van der Waals surface area contributed by atoms with E-state index in [-0.39, 0.29) is 5.91 Å². The maximum atomic E-state index is 11.4. The minimum atomic E-state index is -0.652. The van der Waals surface area contributed by atoms with Crippen LogP contribution in [0, 0.1) is 0 Å². The van der Waals surface area contributed by atoms with Crippen LogP contribution in [0.3, 0.4) is 0 Å². The molecule has 0 radical (unpaired) electrons. The molecule has 0 spiro atoms. The van der Waals surface area contributed by atoms with Crippen molar-refractivity contribution in [1.29, 1.82) is 0 Å². The Morgan fingerprint density at radius 3 is 2.52 bits per heavy atom. The predicted octanol–water partition coefficient (Wildman–Crippen LogP) is 3.62. The largest absolute Gasteiger partial charge is 0.493 e. The third-order valence-corrected chi connectivity index (χ3v) is 4.41. The van der Waals surface area contributed by atoms with Crippen LogP contribution in [-0.4, -0.2) is 25.2 Å². The van der Waals surface area contributed by atoms with Crippen LogP contribution in [0.15, 0.2) is 48.5 Å². The van der Waals surface area contributed by atoms with Gasteiger partial charge in [-0.2, -0.15) is 0 Å². The van der Waals surface area contributed by atoms with Crippen molar-refractivity contribution in [3.8, 4) is 11.5 Å². The first-order valence-electron chi connectivity index (χ1n) is 9.01. The number of alkyl carbamates (subject to hydrolysis) is 1. The topological polar surface area (TPSA) is 73.9 Å². The number of ether oxygens (including phenoxy) is 3. The van der Waals surface area contributed by atoms with Gasteiger partial charge in [-0.1, -0.05) is 36.4 Å². The molecule has 3 rings (SSSR count). The van der Waals surface area contributed by atoms with Crippen LogP contribution in [0.4, 0.5) is 4.79 Å². The fraction of sp³-hybridized carbons (Fsp3) is 0.333. The number of unbranched alkanes of at least 4 members (excludes halogenated alkanes) is 1. The minimum Gasteiger partial charge on any atom is -0.493 e. The highest BCUT2D eigenvalue weighted by atomic mass is 16.6. The number of cyclic esters (lactones) is 1. The van der Waals surface area contributed by atoms with E-state index in [0.29, 0.717) is 24.5 Å². The number of benzene rings is 2. The highest BCUT2D eigenvalue weighted by Crippen LogP contribution is 2.29. The van der Waals surface area contributed by atoms with E-state index in [1.165, 1.54) is 0 Å². The summed E-state index contributed by atoms with van der Waals surface area (Å²) in [6.07, 6.45) is 1.75. The highest BCUT2D eigenvalue weighted by Gasteiger charge is 2.31. The van der Waals surface area contributed by atoms with Crippen molar-refractivity contribution >= 4 is 12.0 Å². The van der Waals surface area contributed by atoms with Gasteiger partial charge in [0.2, 0.25) is 0 Å². The van der Waals surface area contributed by atoms with Crippen LogP contribution in [0.1, 0.15) is 30.4 Å². The molecule has 1 heterocycles. The Morgan fingerprint density at radius 2 is 1.81 bits per heavy atom. The van der Waals surface area contributed by atoms with Crippen LogP contribution >= 0.6 is 0 Å². The normalized spacial score (nSPS) is 16.0. The van der Waals surface area contributed by atoms with E-state index in [4.69, 9.17) is 14.2 Å². The molecular formula is C21H23NO5. The number of amides is 2. The summed E-state index contributed by atoms with van der Waals surface area (Å²) < 4.78 is 16.2. The zero-order chi connectivity index (χ0) is 19.1. The van der Waals surface area contributed by atoms with E-state index in [9.17, 15) is 9.59 Å². The first kappa shape index (κ1) is 18.8. The smallest absolute Gasteiger partial charge is 0.414 e. The van der Waals surface area contributed by atoms with Crippen molar-refractivity contribution in [1.82, 2.24) is 5.32 Å². The molecule has 1 saturated heterocycles. The molecule has 1 aliphatic heterocycles. The van der Waals surface area contributed by atoms with Gasteiger partial charge in [-0.15, -0.1) is 0 Å². The summed E-state index contributed by atoms with van der Waals surface area (Å²) in [6, 6.07) is 15.9. The van der Waals surface area contributed by atoms with E-state index >= 15 is 0 Å². The van der Waals surface area contributed by atoms with Crippen LogP contribution in [0.5, 0.6) is 11.5 Å². The zero-order valence-corrected chi connectivity index (χ0v) is 15.3. The second-order valence-corrected chi connectivity index (χ2v) is 6.39. The number of hydrogen-bond donors (Lipinski definition) is 1. The first-order chi connectivity index (χ1) is 13.2. The maximum Gasteiger partial charge on any atom is 0.414 e. The van der Waals surface area contributed by atoms with Crippen LogP contribution in [0.25, 0.3) is 0 Å². The molecule has 2 aromatic rings. The molecule has 1 unspecified atom stereocenters. The first-order valence-corrected chi connectivity index (χ1v) is 9.01. The van der Waals surface area contributed by atoms with Gasteiger partial charge in [-0.3, -0.25) is 10.1 Å². The monoisotopic (exact) mass is 369 g/mol. The number of methoxy groups -OCH3 is 1. The number of imide groups is 1. The second-order valence-electron chi connectivity index (χ2n) is 6.39. The lowest BCUT2D eigenvalue weighted by Gasteiger charge is -2.12. The Morgan fingerprint density at radius 1 is 1.00 bits per heavy atom. The molecule has 1 fully saturated rings. The Balaban J connectivity index is 1.48. The molecule has 142 valence electrons. The number of nitrogens with one attached hydrogen (secondary N) is 1. The predicted molar refractivity (Wildman–Crippen MR) is 99.7 cm³/mol. The Labute approximate surface area is 158 Å². The van der Waals surface area contributed by atoms with E-state index in [2.05, 4.69) is 5.32 Å². The van der Waals surface area contributed by atoms with Gasteiger partial charge < -0.3 is 14.2 Å². The Hall–Kier alpha value is -3.02. The average Bonchev–Trinajstić information content (AvgIpc) is 3.01. The van der Waals surface area contributed by atoms with Crippen LogP contribution in [0.2, 0.25) is 0 Å². The Bertz CT molecular complexity index is 790. The average molecular weight is 369 g/mol. The molecule has 6 nitrogen and oxygen atoms in total. The molecular weight excluding hydrogens is 346 g/mol. The van der Waals surface area contributed by atoms with Crippen molar-refractivity contribution in [2.75, 3.05) is 7.11 Å². The SMILES string of the molecule is COc1cc(CCCCC2OC(=O)NC2=O)ccc1OCc1ccccc1. The molecule has 2 amide bonds. The lowest BCUT2D eigenvalue weighted by molar-refractivity contribution is -0.123. The lowest BCUT2D eigenvalue weighted by atomic mass is 10.0. The standard InChI is InChI=1S/C21H23NO5/c1-25-19-13-15(7-5-6-10-18-20(23)22-21(24)27-18)11-12-17(19)26-14-16-8-3-2-4-9-16/h2-4,8-9,11-13,18H,5-7,10,14H2,1H3,(H,22,23,24). The molecule has 1 aliphatic rings. The van der Waals surface area contributed by atoms with Crippen molar-refractivity contribution < 1.29 is 23.8 Å². The summed E-state index contributed by atoms with van der Waals surface area (Å²) in [5, 5.41) is 2.14. The summed E-state index contributed by atoms with van der Waals surface area (Å²) in [4.78, 5) is 22.4. The molecule has 0 saturated carbocycles. The minimum absolute atomic E-state index is 0.346. The number of carbonyl (C=O) groups excluding carboxylic acids is 2. The summed E-state index contributed by atoms with van der Waals surface area (Å²) in [7, 11) is 1.63. The molecule has 1 atom stereocenters. The molecule has 1 N–H and O–H groups in total. The third kappa shape index (κ3) is 5.23. The summed E-state index contributed by atoms with van der Waals surface area (Å²) in [6.45, 7) is 0.485. The number of hydrogen-bond acceptors (Lipinski definition) is 5. The highest BCUT2D eigenvalue weighted by molar-refractivity contribution is 5.99. The summed E-state index contributed by atoms with van der Waals surface area (Å²) >= 11 is 0. The molecule has 27 heavy (non-hydrogen) atoms. The molecule has 6 heteroatoms. The van der Waals surface area contributed by atoms with Crippen molar-refractivity contribution in [3.63, 3.8) is 0 Å². The van der Waals surface area contributed by atoms with Gasteiger partial charge in [0.05, 0.1) is 7.11 Å². The Kier molecular flexibility index (Phi) is 6.30. The van der Waals surface area contributed by atoms with E-state index in [1.807, 2.05) is 48.5 Å². The van der Waals surface area contributed by atoms with Crippen molar-refractivity contribution in [3.05, 3.63) is 59.7 Å². The van der Waals surface area contributed by atoms with Gasteiger partial charge in [0, 0.05) is 0 Å². The quantitative estimate of drug-likeness (QED) is 0.684. The number of carbonyl (C=O) groups is 2. The van der Waals surface area contributed by atoms with Gasteiger partial charge in [-0.25, -0.2) is 4.79 Å². The van der Waals surface area contributed by atoms with Gasteiger partial charge in [-0.05, 0) is 48.9 Å². The van der Waals surface area contributed by atoms with Gasteiger partial charge >= 0.3 is 6.09 Å². The van der Waals surface area contributed by atoms with E-state index in [0.717, 1.165) is 30.4 Å². The van der Waals surface area contributed by atoms with E-state index < -0.39 is 12.2 Å². The molecule has 0 aromatic heterocycles. The van der Waals surface area contributed by atoms with Crippen molar-refractivity contribution in [2.45, 2.75) is 38.4 Å². The lowest BCUT2D eigenvalue weighted by Crippen LogP contribution is -2.24. The van der Waals surface area contributed by atoms with Gasteiger partial charge in [0.15, 0.2) is 17.6 Å². The number of aryl methyl sites for hydroxylation is 1. The molecule has 0 bridgehead atoms. The fourth-order valence-electron chi connectivity index (χ4n) is 2.96. The molecule has 2 aromatic carbocycles. The summed E-state index contributed by atoms with van der Waals surface area (Å²) in [5.41, 5.74) is 2.23. The number of rotatable bonds is 9. The third-order valence-electron chi connectivity index (χ3n) is 4.41. The van der Waals surface area contributed by atoms with Gasteiger partial charge in [0.1, 0.15) is 6.61 Å². The second kappa shape index (κ2) is 9.07. The maximum absolute atomic E-state index is 11.4. The van der Waals surface area contributed by atoms with E-state index in [1.54, 1.807) is 7.11 Å².